The Kier molecular flexibility index (Phi) is 2.88. The molecule has 1 amide bonds. The Hall–Kier alpha value is -1.62. The van der Waals surface area contributed by atoms with E-state index in [0.717, 1.165) is 18.5 Å². The van der Waals surface area contributed by atoms with Gasteiger partial charge in [-0.05, 0) is 37.9 Å². The van der Waals surface area contributed by atoms with E-state index in [1.807, 2.05) is 6.07 Å². The summed E-state index contributed by atoms with van der Waals surface area (Å²) in [5.41, 5.74) is 1.55. The zero-order valence-corrected chi connectivity index (χ0v) is 11.5. The molecule has 1 aromatic rings. The van der Waals surface area contributed by atoms with E-state index in [1.54, 1.807) is 6.20 Å². The molecule has 0 spiro atoms. The van der Waals surface area contributed by atoms with Crippen molar-refractivity contribution < 1.29 is 9.53 Å². The molecule has 106 valence electrons. The van der Waals surface area contributed by atoms with Crippen LogP contribution in [-0.4, -0.2) is 48.1 Å². The zero-order chi connectivity index (χ0) is 13.5. The second-order valence-corrected chi connectivity index (χ2v) is 5.96. The van der Waals surface area contributed by atoms with Crippen LogP contribution in [0.5, 0.6) is 5.75 Å². The molecule has 20 heavy (non-hydrogen) atoms. The number of carbonyl (C=O) groups excluding carboxylic acids is 1. The van der Waals surface area contributed by atoms with Gasteiger partial charge in [0, 0.05) is 30.8 Å². The van der Waals surface area contributed by atoms with E-state index >= 15 is 0 Å². The maximum absolute atomic E-state index is 12.5. The van der Waals surface area contributed by atoms with Gasteiger partial charge in [-0.2, -0.15) is 0 Å². The molecule has 4 aliphatic heterocycles. The Bertz CT molecular complexity index is 538. The smallest absolute Gasteiger partial charge is 0.274 e. The maximum atomic E-state index is 12.5. The lowest BCUT2D eigenvalue weighted by Crippen LogP contribution is -2.57. The van der Waals surface area contributed by atoms with Gasteiger partial charge in [0.15, 0.2) is 11.4 Å². The van der Waals surface area contributed by atoms with Crippen LogP contribution in [0, 0.1) is 5.92 Å². The fourth-order valence-corrected chi connectivity index (χ4v) is 3.64. The molecule has 5 heteroatoms. The summed E-state index contributed by atoms with van der Waals surface area (Å²) in [7, 11) is 0. The molecule has 3 fully saturated rings. The number of nitrogens with one attached hydrogen (secondary N) is 1. The minimum atomic E-state index is -0.0810. The average molecular weight is 273 g/mol. The Morgan fingerprint density at radius 1 is 1.40 bits per heavy atom. The lowest BCUT2D eigenvalue weighted by atomic mass is 9.84. The fourth-order valence-electron chi connectivity index (χ4n) is 3.64. The van der Waals surface area contributed by atoms with Crippen molar-refractivity contribution >= 4 is 5.91 Å². The van der Waals surface area contributed by atoms with Gasteiger partial charge in [-0.25, -0.2) is 4.98 Å². The molecular weight excluding hydrogens is 254 g/mol. The summed E-state index contributed by atoms with van der Waals surface area (Å²) < 4.78 is 5.57. The average Bonchev–Trinajstić information content (AvgIpc) is 2.96. The number of hydrogen-bond donors (Lipinski definition) is 1. The van der Waals surface area contributed by atoms with Crippen LogP contribution < -0.4 is 10.1 Å². The second-order valence-electron chi connectivity index (χ2n) is 5.96. The van der Waals surface area contributed by atoms with Crippen molar-refractivity contribution in [1.82, 2.24) is 15.2 Å². The number of amides is 1. The number of fused-ring (bicyclic) bond motifs is 4. The lowest BCUT2D eigenvalue weighted by molar-refractivity contribution is 0.0616. The van der Waals surface area contributed by atoms with Crippen molar-refractivity contribution in [2.75, 3.05) is 26.2 Å². The van der Waals surface area contributed by atoms with Crippen molar-refractivity contribution in [3.63, 3.8) is 0 Å². The first-order chi connectivity index (χ1) is 9.81. The first-order valence-electron chi connectivity index (χ1n) is 7.45. The molecule has 4 aliphatic rings. The van der Waals surface area contributed by atoms with E-state index in [0.29, 0.717) is 24.0 Å². The number of hydrogen-bond acceptors (Lipinski definition) is 4. The van der Waals surface area contributed by atoms with Crippen LogP contribution in [0.1, 0.15) is 28.9 Å². The van der Waals surface area contributed by atoms with Gasteiger partial charge in [0.05, 0.1) is 6.61 Å². The summed E-state index contributed by atoms with van der Waals surface area (Å²) in [6, 6.07) is 2.21. The van der Waals surface area contributed by atoms with Crippen molar-refractivity contribution in [3.8, 4) is 5.75 Å². The van der Waals surface area contributed by atoms with Crippen LogP contribution in [0.2, 0.25) is 0 Å². The Morgan fingerprint density at radius 2 is 2.25 bits per heavy atom. The van der Waals surface area contributed by atoms with Gasteiger partial charge in [-0.3, -0.25) is 4.79 Å². The number of rotatable bonds is 2. The van der Waals surface area contributed by atoms with Crippen molar-refractivity contribution in [2.24, 2.45) is 5.92 Å². The number of ether oxygens (including phenoxy) is 1. The molecule has 1 atom stereocenters. The summed E-state index contributed by atoms with van der Waals surface area (Å²) in [5, 5.41) is 3.17. The predicted octanol–water partition coefficient (Wildman–Crippen LogP) is 0.840. The molecule has 5 rings (SSSR count). The van der Waals surface area contributed by atoms with Gasteiger partial charge >= 0.3 is 0 Å². The largest absolute Gasteiger partial charge is 0.490 e. The number of piperidine rings is 3. The van der Waals surface area contributed by atoms with E-state index in [9.17, 15) is 4.79 Å². The van der Waals surface area contributed by atoms with Gasteiger partial charge in [0.25, 0.3) is 5.91 Å². The van der Waals surface area contributed by atoms with E-state index in [-0.39, 0.29) is 11.9 Å². The minimum Gasteiger partial charge on any atom is -0.490 e. The second kappa shape index (κ2) is 4.74. The monoisotopic (exact) mass is 273 g/mol. The molecule has 0 saturated carbocycles. The van der Waals surface area contributed by atoms with Gasteiger partial charge in [0.2, 0.25) is 0 Å². The van der Waals surface area contributed by atoms with E-state index in [4.69, 9.17) is 4.74 Å². The number of pyridine rings is 1. The molecule has 1 aromatic heterocycles. The summed E-state index contributed by atoms with van der Waals surface area (Å²) >= 11 is 0. The molecule has 2 bridgehead atoms. The number of aromatic nitrogens is 1. The highest BCUT2D eigenvalue weighted by Gasteiger charge is 2.35. The molecule has 3 saturated heterocycles. The Labute approximate surface area is 118 Å². The van der Waals surface area contributed by atoms with Gasteiger partial charge in [-0.1, -0.05) is 0 Å². The molecular formula is C15H19N3O2. The molecule has 0 aliphatic carbocycles. The lowest BCUT2D eigenvalue weighted by Gasteiger charge is -2.44. The zero-order valence-electron chi connectivity index (χ0n) is 11.5. The summed E-state index contributed by atoms with van der Waals surface area (Å²) in [4.78, 5) is 19.1. The van der Waals surface area contributed by atoms with Crippen LogP contribution in [0.25, 0.3) is 0 Å². The van der Waals surface area contributed by atoms with E-state index in [1.165, 1.54) is 25.9 Å². The van der Waals surface area contributed by atoms with Crippen LogP contribution in [-0.2, 0) is 6.42 Å². The summed E-state index contributed by atoms with van der Waals surface area (Å²) in [6.07, 6.45) is 4.97. The highest BCUT2D eigenvalue weighted by atomic mass is 16.5. The number of carbonyl (C=O) groups is 1. The van der Waals surface area contributed by atoms with Crippen molar-refractivity contribution in [3.05, 3.63) is 23.5 Å². The molecule has 5 nitrogen and oxygen atoms in total. The van der Waals surface area contributed by atoms with E-state index in [2.05, 4.69) is 15.2 Å². The summed E-state index contributed by atoms with van der Waals surface area (Å²) in [5.74, 6) is 1.23. The third-order valence-electron chi connectivity index (χ3n) is 4.79. The molecule has 0 radical (unpaired) electrons. The Morgan fingerprint density at radius 3 is 3.00 bits per heavy atom. The van der Waals surface area contributed by atoms with E-state index < -0.39 is 0 Å². The van der Waals surface area contributed by atoms with Crippen LogP contribution >= 0.6 is 0 Å². The first-order valence-corrected chi connectivity index (χ1v) is 7.45. The topological polar surface area (TPSA) is 54.5 Å². The first kappa shape index (κ1) is 12.1. The third-order valence-corrected chi connectivity index (χ3v) is 4.79. The molecule has 0 aromatic carbocycles. The minimum absolute atomic E-state index is 0.0810. The molecule has 5 heterocycles. The predicted molar refractivity (Wildman–Crippen MR) is 73.9 cm³/mol. The van der Waals surface area contributed by atoms with Crippen LogP contribution in [0.15, 0.2) is 12.3 Å². The number of nitrogens with zero attached hydrogens (tertiary/aromatic N) is 2. The van der Waals surface area contributed by atoms with Crippen LogP contribution in [0.3, 0.4) is 0 Å². The standard InChI is InChI=1S/C15H19N3O2/c19-15(13-14-11(1-5-16-13)4-8-20-14)17-12-9-18-6-2-10(12)3-7-18/h1,5,10,12H,2-4,6-9H2,(H,17,19)/t12-/m1/s1. The van der Waals surface area contributed by atoms with Crippen LogP contribution in [0.4, 0.5) is 0 Å². The van der Waals surface area contributed by atoms with Gasteiger partial charge in [-0.15, -0.1) is 0 Å². The maximum Gasteiger partial charge on any atom is 0.274 e. The SMILES string of the molecule is O=C(N[C@@H]1CN2CCC1CC2)c1nccc2c1OCC2. The van der Waals surface area contributed by atoms with Crippen molar-refractivity contribution in [1.29, 1.82) is 0 Å². The van der Waals surface area contributed by atoms with Gasteiger partial charge < -0.3 is 15.0 Å². The summed E-state index contributed by atoms with van der Waals surface area (Å²) in [6.45, 7) is 3.99. The quantitative estimate of drug-likeness (QED) is 0.867. The Balaban J connectivity index is 1.52. The van der Waals surface area contributed by atoms with Crippen molar-refractivity contribution in [2.45, 2.75) is 25.3 Å². The third kappa shape index (κ3) is 1.97. The molecule has 0 unspecified atom stereocenters. The highest BCUT2D eigenvalue weighted by molar-refractivity contribution is 5.95. The van der Waals surface area contributed by atoms with Gasteiger partial charge in [0.1, 0.15) is 0 Å². The highest BCUT2D eigenvalue weighted by Crippen LogP contribution is 2.30. The molecule has 1 N–H and O–H groups in total. The normalized spacial score (nSPS) is 30.7. The fraction of sp³-hybridized carbons (Fsp3) is 0.600.